The van der Waals surface area contributed by atoms with Crippen LogP contribution in [-0.4, -0.2) is 34.6 Å². The van der Waals surface area contributed by atoms with Gasteiger partial charge in [0, 0.05) is 39.0 Å². The maximum atomic E-state index is 13.3. The molecule has 1 fully saturated rings. The molecular weight excluding hydrogens is 499 g/mol. The van der Waals surface area contributed by atoms with Crippen molar-refractivity contribution in [1.29, 1.82) is 0 Å². The van der Waals surface area contributed by atoms with Gasteiger partial charge in [0.05, 0.1) is 5.75 Å². The number of hydrogen-bond donors (Lipinski definition) is 1. The summed E-state index contributed by atoms with van der Waals surface area (Å²) in [6, 6.07) is 12.4. The van der Waals surface area contributed by atoms with Crippen LogP contribution >= 0.6 is 46.6 Å². The van der Waals surface area contributed by atoms with Crippen molar-refractivity contribution in [1.82, 2.24) is 10.2 Å². The second-order valence-corrected chi connectivity index (χ2v) is 10.5. The van der Waals surface area contributed by atoms with Gasteiger partial charge in [0.2, 0.25) is 11.8 Å². The molecule has 0 aliphatic heterocycles. The van der Waals surface area contributed by atoms with Crippen LogP contribution in [0.3, 0.4) is 0 Å². The van der Waals surface area contributed by atoms with Crippen LogP contribution in [0.2, 0.25) is 15.1 Å². The molecule has 1 atom stereocenters. The van der Waals surface area contributed by atoms with Crippen LogP contribution in [0.1, 0.15) is 50.2 Å². The van der Waals surface area contributed by atoms with Crippen LogP contribution in [0.25, 0.3) is 0 Å². The normalized spacial score (nSPS) is 15.2. The van der Waals surface area contributed by atoms with E-state index < -0.39 is 6.04 Å². The van der Waals surface area contributed by atoms with E-state index in [9.17, 15) is 9.59 Å². The number of benzene rings is 2. The highest BCUT2D eigenvalue weighted by Gasteiger charge is 2.29. The zero-order chi connectivity index (χ0) is 23.8. The summed E-state index contributed by atoms with van der Waals surface area (Å²) in [5, 5.41) is 4.77. The molecule has 2 aromatic carbocycles. The number of carbonyl (C=O) groups excluding carboxylic acids is 2. The molecule has 0 bridgehead atoms. The van der Waals surface area contributed by atoms with E-state index >= 15 is 0 Å². The quantitative estimate of drug-likeness (QED) is 0.392. The van der Waals surface area contributed by atoms with Crippen LogP contribution in [0.5, 0.6) is 0 Å². The molecule has 0 spiro atoms. The summed E-state index contributed by atoms with van der Waals surface area (Å²) in [5.41, 5.74) is 1.61. The molecule has 3 rings (SSSR count). The zero-order valence-corrected chi connectivity index (χ0v) is 21.7. The Morgan fingerprint density at radius 2 is 1.64 bits per heavy atom. The van der Waals surface area contributed by atoms with Crippen molar-refractivity contribution in [3.05, 3.63) is 68.7 Å². The van der Waals surface area contributed by atoms with E-state index in [0.29, 0.717) is 26.4 Å². The minimum atomic E-state index is -0.646. The van der Waals surface area contributed by atoms with Crippen LogP contribution < -0.4 is 5.32 Å². The summed E-state index contributed by atoms with van der Waals surface area (Å²) in [5.74, 6) is 0.534. The fourth-order valence-electron chi connectivity index (χ4n) is 3.95. The maximum Gasteiger partial charge on any atom is 0.242 e. The van der Waals surface area contributed by atoms with Crippen LogP contribution in [0.15, 0.2) is 42.5 Å². The van der Waals surface area contributed by atoms with E-state index in [2.05, 4.69) is 5.32 Å². The number of amides is 2. The average molecular weight is 528 g/mol. The van der Waals surface area contributed by atoms with Crippen molar-refractivity contribution in [2.75, 3.05) is 5.75 Å². The fourth-order valence-corrected chi connectivity index (χ4v) is 5.66. The number of rotatable bonds is 9. The Kier molecular flexibility index (Phi) is 10.2. The van der Waals surface area contributed by atoms with E-state index in [1.807, 2.05) is 24.3 Å². The molecule has 2 amide bonds. The Labute approximate surface area is 215 Å². The van der Waals surface area contributed by atoms with E-state index in [1.165, 1.54) is 18.2 Å². The number of hydrogen-bond acceptors (Lipinski definition) is 3. The highest BCUT2D eigenvalue weighted by atomic mass is 35.5. The first kappa shape index (κ1) is 26.2. The SMILES string of the molecule is CC(C(=O)NC1CCCCC1)N(Cc1c(Cl)cccc1Cl)C(=O)CSCc1ccccc1Cl. The van der Waals surface area contributed by atoms with Gasteiger partial charge >= 0.3 is 0 Å². The summed E-state index contributed by atoms with van der Waals surface area (Å²) in [6.45, 7) is 1.93. The second-order valence-electron chi connectivity index (χ2n) is 8.33. The van der Waals surface area contributed by atoms with Crippen molar-refractivity contribution in [2.24, 2.45) is 0 Å². The van der Waals surface area contributed by atoms with Crippen molar-refractivity contribution in [3.63, 3.8) is 0 Å². The monoisotopic (exact) mass is 526 g/mol. The number of nitrogens with one attached hydrogen (secondary N) is 1. The Morgan fingerprint density at radius 3 is 2.30 bits per heavy atom. The number of nitrogens with zero attached hydrogens (tertiary/aromatic N) is 1. The third kappa shape index (κ3) is 7.54. The molecule has 178 valence electrons. The van der Waals surface area contributed by atoms with Gasteiger partial charge in [-0.05, 0) is 43.5 Å². The number of thioether (sulfide) groups is 1. The van der Waals surface area contributed by atoms with Crippen molar-refractivity contribution >= 4 is 58.4 Å². The summed E-state index contributed by atoms with van der Waals surface area (Å²) >= 11 is 20.5. The van der Waals surface area contributed by atoms with Gasteiger partial charge in [-0.25, -0.2) is 0 Å². The minimum absolute atomic E-state index is 0.144. The number of carbonyl (C=O) groups is 2. The van der Waals surface area contributed by atoms with E-state index in [1.54, 1.807) is 30.0 Å². The molecule has 0 radical (unpaired) electrons. The molecule has 0 saturated heterocycles. The average Bonchev–Trinajstić information content (AvgIpc) is 2.80. The van der Waals surface area contributed by atoms with Crippen LogP contribution in [-0.2, 0) is 21.9 Å². The predicted octanol–water partition coefficient (Wildman–Crippen LogP) is 6.75. The van der Waals surface area contributed by atoms with Gasteiger partial charge in [0.25, 0.3) is 0 Å². The van der Waals surface area contributed by atoms with E-state index in [4.69, 9.17) is 34.8 Å². The smallest absolute Gasteiger partial charge is 0.242 e. The first-order valence-corrected chi connectivity index (χ1v) is 13.5. The third-order valence-corrected chi connectivity index (χ3v) is 7.99. The van der Waals surface area contributed by atoms with Gasteiger partial charge in [-0.1, -0.05) is 78.3 Å². The molecule has 1 aliphatic carbocycles. The third-order valence-electron chi connectivity index (χ3n) is 5.95. The lowest BCUT2D eigenvalue weighted by atomic mass is 9.95. The Morgan fingerprint density at radius 1 is 1.00 bits per heavy atom. The molecule has 2 aromatic rings. The summed E-state index contributed by atoms with van der Waals surface area (Å²) in [4.78, 5) is 27.9. The molecule has 1 aliphatic rings. The molecule has 33 heavy (non-hydrogen) atoms. The van der Waals surface area contributed by atoms with E-state index in [-0.39, 0.29) is 30.2 Å². The Bertz CT molecular complexity index is 946. The molecule has 1 saturated carbocycles. The van der Waals surface area contributed by atoms with Gasteiger partial charge in [-0.15, -0.1) is 11.8 Å². The van der Waals surface area contributed by atoms with Crippen LogP contribution in [0, 0.1) is 0 Å². The molecule has 0 aromatic heterocycles. The second kappa shape index (κ2) is 12.9. The topological polar surface area (TPSA) is 49.4 Å². The first-order valence-electron chi connectivity index (χ1n) is 11.2. The van der Waals surface area contributed by atoms with Gasteiger partial charge in [-0.2, -0.15) is 0 Å². The van der Waals surface area contributed by atoms with Gasteiger partial charge < -0.3 is 10.2 Å². The van der Waals surface area contributed by atoms with Gasteiger partial charge in [0.1, 0.15) is 6.04 Å². The molecule has 4 nitrogen and oxygen atoms in total. The standard InChI is InChI=1S/C25H29Cl3N2O2S/c1-17(25(32)29-19-9-3-2-4-10-19)30(14-20-22(27)12-7-13-23(20)28)24(31)16-33-15-18-8-5-6-11-21(18)26/h5-8,11-13,17,19H,2-4,9-10,14-16H2,1H3,(H,29,32). The highest BCUT2D eigenvalue weighted by molar-refractivity contribution is 7.99. The molecule has 8 heteroatoms. The molecule has 1 N–H and O–H groups in total. The van der Waals surface area contributed by atoms with Gasteiger partial charge in [-0.3, -0.25) is 9.59 Å². The van der Waals surface area contributed by atoms with Crippen molar-refractivity contribution in [3.8, 4) is 0 Å². The molecular formula is C25H29Cl3N2O2S. The zero-order valence-electron chi connectivity index (χ0n) is 18.7. The number of halogens is 3. The minimum Gasteiger partial charge on any atom is -0.352 e. The Hall–Kier alpha value is -1.40. The van der Waals surface area contributed by atoms with Gasteiger partial charge in [0.15, 0.2) is 0 Å². The van der Waals surface area contributed by atoms with Crippen LogP contribution in [0.4, 0.5) is 0 Å². The van der Waals surface area contributed by atoms with E-state index in [0.717, 1.165) is 31.2 Å². The Balaban J connectivity index is 1.71. The fraction of sp³-hybridized carbons (Fsp3) is 0.440. The first-order chi connectivity index (χ1) is 15.9. The lowest BCUT2D eigenvalue weighted by molar-refractivity contribution is -0.139. The lowest BCUT2D eigenvalue weighted by Crippen LogP contribution is -2.50. The molecule has 0 heterocycles. The maximum absolute atomic E-state index is 13.3. The summed E-state index contributed by atoms with van der Waals surface area (Å²) < 4.78 is 0. The predicted molar refractivity (Wildman–Crippen MR) is 139 cm³/mol. The summed E-state index contributed by atoms with van der Waals surface area (Å²) in [6.07, 6.45) is 5.42. The lowest BCUT2D eigenvalue weighted by Gasteiger charge is -2.31. The largest absolute Gasteiger partial charge is 0.352 e. The van der Waals surface area contributed by atoms with Crippen molar-refractivity contribution < 1.29 is 9.59 Å². The summed E-state index contributed by atoms with van der Waals surface area (Å²) in [7, 11) is 0. The highest BCUT2D eigenvalue weighted by Crippen LogP contribution is 2.28. The van der Waals surface area contributed by atoms with Crippen molar-refractivity contribution in [2.45, 2.75) is 63.4 Å². The molecule has 1 unspecified atom stereocenters.